The van der Waals surface area contributed by atoms with E-state index in [0.29, 0.717) is 12.3 Å². The number of rotatable bonds is 5. The molecule has 0 aromatic heterocycles. The summed E-state index contributed by atoms with van der Waals surface area (Å²) in [6.07, 6.45) is 0.469. The number of carbonyl (C=O) groups excluding carboxylic acids is 1. The Kier molecular flexibility index (Phi) is 4.53. The molecule has 0 aliphatic carbocycles. The van der Waals surface area contributed by atoms with E-state index in [1.54, 1.807) is 11.8 Å². The maximum absolute atomic E-state index is 11.2. The van der Waals surface area contributed by atoms with Gasteiger partial charge in [-0.25, -0.2) is 0 Å². The topological polar surface area (TPSA) is 35.5 Å². The third-order valence-corrected chi connectivity index (χ3v) is 4.39. The van der Waals surface area contributed by atoms with Crippen LogP contribution in [0.3, 0.4) is 0 Å². The number of esters is 1. The molecule has 0 bridgehead atoms. The number of hydrogen-bond donors (Lipinski definition) is 0. The summed E-state index contributed by atoms with van der Waals surface area (Å²) in [4.78, 5) is 11.2. The van der Waals surface area contributed by atoms with Crippen LogP contribution in [0.5, 0.6) is 5.75 Å². The molecule has 18 heavy (non-hydrogen) atoms. The highest BCUT2D eigenvalue weighted by atomic mass is 32.2. The zero-order valence-corrected chi connectivity index (χ0v) is 11.5. The van der Waals surface area contributed by atoms with Crippen LogP contribution >= 0.6 is 11.8 Å². The zero-order chi connectivity index (χ0) is 13.0. The van der Waals surface area contributed by atoms with Gasteiger partial charge in [-0.2, -0.15) is 11.8 Å². The predicted octanol–water partition coefficient (Wildman–Crippen LogP) is 2.85. The fraction of sp³-hybridized carbons (Fsp3) is 0.500. The van der Waals surface area contributed by atoms with E-state index >= 15 is 0 Å². The van der Waals surface area contributed by atoms with Gasteiger partial charge in [0.2, 0.25) is 0 Å². The number of para-hydroxylation sites is 1. The minimum atomic E-state index is -0.141. The minimum Gasteiger partial charge on any atom is -0.493 e. The monoisotopic (exact) mass is 266 g/mol. The van der Waals surface area contributed by atoms with Gasteiger partial charge in [-0.3, -0.25) is 4.79 Å². The van der Waals surface area contributed by atoms with E-state index in [0.717, 1.165) is 18.1 Å². The first-order valence-corrected chi connectivity index (χ1v) is 7.15. The van der Waals surface area contributed by atoms with E-state index in [1.165, 1.54) is 12.7 Å². The molecule has 1 aromatic rings. The van der Waals surface area contributed by atoms with Gasteiger partial charge in [0.1, 0.15) is 5.75 Å². The molecule has 4 heteroatoms. The van der Waals surface area contributed by atoms with Crippen molar-refractivity contribution in [2.45, 2.75) is 24.5 Å². The molecule has 2 rings (SSSR count). The van der Waals surface area contributed by atoms with E-state index in [-0.39, 0.29) is 11.2 Å². The zero-order valence-electron chi connectivity index (χ0n) is 10.7. The van der Waals surface area contributed by atoms with Gasteiger partial charge >= 0.3 is 5.97 Å². The van der Waals surface area contributed by atoms with Gasteiger partial charge in [-0.1, -0.05) is 25.1 Å². The SMILES string of the molecule is COC(=O)CC(C)SCC1COc2ccccc21. The van der Waals surface area contributed by atoms with Crippen molar-refractivity contribution < 1.29 is 14.3 Å². The molecule has 0 radical (unpaired) electrons. The third kappa shape index (κ3) is 3.19. The van der Waals surface area contributed by atoms with E-state index in [9.17, 15) is 4.79 Å². The molecule has 3 nitrogen and oxygen atoms in total. The number of benzene rings is 1. The van der Waals surface area contributed by atoms with Crippen LogP contribution < -0.4 is 4.74 Å². The molecule has 1 aromatic carbocycles. The first-order valence-electron chi connectivity index (χ1n) is 6.11. The standard InChI is InChI=1S/C14H18O3S/c1-10(7-14(15)16-2)18-9-11-8-17-13-6-4-3-5-12(11)13/h3-6,10-11H,7-9H2,1-2H3. The van der Waals surface area contributed by atoms with E-state index in [4.69, 9.17) is 4.74 Å². The van der Waals surface area contributed by atoms with Crippen molar-refractivity contribution in [2.75, 3.05) is 19.5 Å². The van der Waals surface area contributed by atoms with Gasteiger partial charge in [0.25, 0.3) is 0 Å². The van der Waals surface area contributed by atoms with Crippen molar-refractivity contribution in [1.82, 2.24) is 0 Å². The lowest BCUT2D eigenvalue weighted by atomic mass is 10.0. The maximum Gasteiger partial charge on any atom is 0.306 e. The van der Waals surface area contributed by atoms with Gasteiger partial charge in [-0.15, -0.1) is 0 Å². The molecule has 2 unspecified atom stereocenters. The number of fused-ring (bicyclic) bond motifs is 1. The second-order valence-corrected chi connectivity index (χ2v) is 5.94. The summed E-state index contributed by atoms with van der Waals surface area (Å²) in [5, 5.41) is 0.283. The van der Waals surface area contributed by atoms with Gasteiger partial charge in [0, 0.05) is 22.5 Å². The number of ether oxygens (including phenoxy) is 2. The third-order valence-electron chi connectivity index (χ3n) is 3.06. The van der Waals surface area contributed by atoms with Crippen molar-refractivity contribution in [3.05, 3.63) is 29.8 Å². The van der Waals surface area contributed by atoms with Crippen molar-refractivity contribution in [2.24, 2.45) is 0 Å². The maximum atomic E-state index is 11.2. The van der Waals surface area contributed by atoms with Gasteiger partial charge in [0.05, 0.1) is 20.1 Å². The molecule has 0 saturated carbocycles. The van der Waals surface area contributed by atoms with Crippen molar-refractivity contribution >= 4 is 17.7 Å². The normalized spacial score (nSPS) is 18.9. The van der Waals surface area contributed by atoms with Crippen LogP contribution in [0, 0.1) is 0 Å². The summed E-state index contributed by atoms with van der Waals surface area (Å²) in [7, 11) is 1.43. The Bertz CT molecular complexity index is 419. The molecule has 2 atom stereocenters. The Hall–Kier alpha value is -1.16. The molecule has 0 spiro atoms. The summed E-state index contributed by atoms with van der Waals surface area (Å²) in [6, 6.07) is 8.17. The van der Waals surface area contributed by atoms with Crippen molar-refractivity contribution in [3.63, 3.8) is 0 Å². The molecule has 0 saturated heterocycles. The average molecular weight is 266 g/mol. The summed E-state index contributed by atoms with van der Waals surface area (Å²) >= 11 is 1.80. The van der Waals surface area contributed by atoms with Crippen LogP contribution in [-0.2, 0) is 9.53 Å². The van der Waals surface area contributed by atoms with Crippen molar-refractivity contribution in [1.29, 1.82) is 0 Å². The molecule has 98 valence electrons. The van der Waals surface area contributed by atoms with Crippen LogP contribution in [0.2, 0.25) is 0 Å². The Morgan fingerprint density at radius 2 is 2.33 bits per heavy atom. The Morgan fingerprint density at radius 3 is 3.11 bits per heavy atom. The predicted molar refractivity (Wildman–Crippen MR) is 73.2 cm³/mol. The van der Waals surface area contributed by atoms with Crippen LogP contribution in [-0.4, -0.2) is 30.7 Å². The summed E-state index contributed by atoms with van der Waals surface area (Å²) in [5.74, 6) is 2.28. The van der Waals surface area contributed by atoms with E-state index < -0.39 is 0 Å². The highest BCUT2D eigenvalue weighted by Crippen LogP contribution is 2.36. The largest absolute Gasteiger partial charge is 0.493 e. The van der Waals surface area contributed by atoms with Crippen LogP contribution in [0.1, 0.15) is 24.8 Å². The summed E-state index contributed by atoms with van der Waals surface area (Å²) in [5.41, 5.74) is 1.29. The van der Waals surface area contributed by atoms with E-state index in [1.807, 2.05) is 18.2 Å². The van der Waals surface area contributed by atoms with Crippen LogP contribution in [0.15, 0.2) is 24.3 Å². The quantitative estimate of drug-likeness (QED) is 0.768. The minimum absolute atomic E-state index is 0.141. The van der Waals surface area contributed by atoms with Crippen LogP contribution in [0.4, 0.5) is 0 Å². The molecule has 1 aliphatic heterocycles. The molecule has 0 fully saturated rings. The Labute approximate surface area is 112 Å². The second kappa shape index (κ2) is 6.14. The first-order chi connectivity index (χ1) is 8.70. The lowest BCUT2D eigenvalue weighted by Gasteiger charge is -2.13. The molecule has 1 heterocycles. The number of hydrogen-bond acceptors (Lipinski definition) is 4. The molecule has 1 aliphatic rings. The first kappa shape index (κ1) is 13.3. The fourth-order valence-corrected chi connectivity index (χ4v) is 3.12. The van der Waals surface area contributed by atoms with Crippen molar-refractivity contribution in [3.8, 4) is 5.75 Å². The highest BCUT2D eigenvalue weighted by Gasteiger charge is 2.24. The molecule has 0 amide bonds. The summed E-state index contributed by atoms with van der Waals surface area (Å²) < 4.78 is 10.3. The Balaban J connectivity index is 1.83. The smallest absolute Gasteiger partial charge is 0.306 e. The summed E-state index contributed by atoms with van der Waals surface area (Å²) in [6.45, 7) is 2.81. The number of thioether (sulfide) groups is 1. The van der Waals surface area contributed by atoms with Gasteiger partial charge in [0.15, 0.2) is 0 Å². The number of carbonyl (C=O) groups is 1. The van der Waals surface area contributed by atoms with Crippen LogP contribution in [0.25, 0.3) is 0 Å². The fourth-order valence-electron chi connectivity index (χ4n) is 2.02. The molecule has 0 N–H and O–H groups in total. The number of methoxy groups -OCH3 is 1. The highest BCUT2D eigenvalue weighted by molar-refractivity contribution is 7.99. The molecular weight excluding hydrogens is 248 g/mol. The second-order valence-electron chi connectivity index (χ2n) is 4.47. The van der Waals surface area contributed by atoms with Gasteiger partial charge < -0.3 is 9.47 Å². The Morgan fingerprint density at radius 1 is 1.56 bits per heavy atom. The van der Waals surface area contributed by atoms with Gasteiger partial charge in [-0.05, 0) is 6.07 Å². The average Bonchev–Trinajstić information content (AvgIpc) is 2.79. The lowest BCUT2D eigenvalue weighted by molar-refractivity contribution is -0.140. The lowest BCUT2D eigenvalue weighted by Crippen LogP contribution is -2.11. The molecular formula is C14H18O3S. The van der Waals surface area contributed by atoms with E-state index in [2.05, 4.69) is 17.7 Å².